The van der Waals surface area contributed by atoms with Gasteiger partial charge in [0.15, 0.2) is 0 Å². The van der Waals surface area contributed by atoms with Crippen molar-refractivity contribution in [3.63, 3.8) is 0 Å². The summed E-state index contributed by atoms with van der Waals surface area (Å²) in [6.45, 7) is 3.55. The number of nitrogens with zero attached hydrogens (tertiary/aromatic N) is 1. The molecule has 0 spiro atoms. The van der Waals surface area contributed by atoms with Gasteiger partial charge in [0, 0.05) is 19.6 Å². The number of hydrogen-bond acceptors (Lipinski definition) is 2. The molecule has 2 amide bonds. The van der Waals surface area contributed by atoms with Gasteiger partial charge >= 0.3 is 6.03 Å². The first-order valence-corrected chi connectivity index (χ1v) is 8.35. The first-order chi connectivity index (χ1) is 10.7. The molecule has 1 aromatic carbocycles. The summed E-state index contributed by atoms with van der Waals surface area (Å²) in [4.78, 5) is 14.0. The molecule has 0 saturated heterocycles. The first-order valence-electron chi connectivity index (χ1n) is 8.35. The first kappa shape index (κ1) is 16.7. The quantitative estimate of drug-likeness (QED) is 0.815. The zero-order chi connectivity index (χ0) is 15.8. The Labute approximate surface area is 133 Å². The normalized spacial score (nSPS) is 21.2. The number of nitrogens with one attached hydrogen (secondary N) is 1. The second kappa shape index (κ2) is 8.66. The van der Waals surface area contributed by atoms with Gasteiger partial charge in [-0.3, -0.25) is 0 Å². The van der Waals surface area contributed by atoms with Gasteiger partial charge in [0.1, 0.15) is 5.75 Å². The molecule has 1 aliphatic rings. The Kier molecular flexibility index (Phi) is 6.56. The summed E-state index contributed by atoms with van der Waals surface area (Å²) < 4.78 is 5.61. The van der Waals surface area contributed by atoms with E-state index < -0.39 is 0 Å². The van der Waals surface area contributed by atoms with Crippen molar-refractivity contribution in [2.24, 2.45) is 5.92 Å². The van der Waals surface area contributed by atoms with Crippen LogP contribution in [0.25, 0.3) is 0 Å². The number of carbonyl (C=O) groups excluding carboxylic acids is 1. The van der Waals surface area contributed by atoms with E-state index in [1.807, 2.05) is 42.3 Å². The van der Waals surface area contributed by atoms with Crippen molar-refractivity contribution in [2.75, 3.05) is 20.2 Å². The molecular weight excluding hydrogens is 276 g/mol. The molecule has 122 valence electrons. The number of urea groups is 1. The second-order valence-corrected chi connectivity index (χ2v) is 6.28. The molecule has 1 aliphatic carbocycles. The molecule has 1 N–H and O–H groups in total. The highest BCUT2D eigenvalue weighted by atomic mass is 16.5. The van der Waals surface area contributed by atoms with Gasteiger partial charge < -0.3 is 15.0 Å². The number of rotatable bonds is 6. The van der Waals surface area contributed by atoms with Crippen LogP contribution in [0.3, 0.4) is 0 Å². The average Bonchev–Trinajstić information content (AvgIpc) is 2.54. The summed E-state index contributed by atoms with van der Waals surface area (Å²) in [5.41, 5.74) is 0. The van der Waals surface area contributed by atoms with Gasteiger partial charge in [-0.1, -0.05) is 38.0 Å². The van der Waals surface area contributed by atoms with Gasteiger partial charge in [-0.25, -0.2) is 4.79 Å². The van der Waals surface area contributed by atoms with Crippen LogP contribution in [0.15, 0.2) is 30.3 Å². The second-order valence-electron chi connectivity index (χ2n) is 6.28. The van der Waals surface area contributed by atoms with Gasteiger partial charge in [0.2, 0.25) is 0 Å². The fourth-order valence-corrected chi connectivity index (χ4v) is 3.02. The van der Waals surface area contributed by atoms with Crippen molar-refractivity contribution in [2.45, 2.75) is 45.1 Å². The Morgan fingerprint density at radius 3 is 2.82 bits per heavy atom. The van der Waals surface area contributed by atoms with Crippen LogP contribution in [0.1, 0.15) is 39.0 Å². The standard InChI is InChI=1S/C18H28N2O2/c1-15-8-6-9-16(14-15)20(2)18(21)19-12-7-13-22-17-10-4-3-5-11-17/h3-5,10-11,15-16H,6-9,12-14H2,1-2H3,(H,19,21). The third-order valence-electron chi connectivity index (χ3n) is 4.39. The highest BCUT2D eigenvalue weighted by Crippen LogP contribution is 2.26. The predicted octanol–water partition coefficient (Wildman–Crippen LogP) is 3.68. The summed E-state index contributed by atoms with van der Waals surface area (Å²) >= 11 is 0. The van der Waals surface area contributed by atoms with Crippen LogP contribution in [-0.4, -0.2) is 37.2 Å². The van der Waals surface area contributed by atoms with Crippen molar-refractivity contribution in [3.8, 4) is 5.75 Å². The maximum absolute atomic E-state index is 12.2. The van der Waals surface area contributed by atoms with E-state index in [1.165, 1.54) is 12.8 Å². The molecular formula is C18H28N2O2. The predicted molar refractivity (Wildman–Crippen MR) is 89.1 cm³/mol. The fourth-order valence-electron chi connectivity index (χ4n) is 3.02. The van der Waals surface area contributed by atoms with Crippen LogP contribution in [0.2, 0.25) is 0 Å². The molecule has 4 nitrogen and oxygen atoms in total. The Balaban J connectivity index is 1.60. The lowest BCUT2D eigenvalue weighted by Crippen LogP contribution is -2.45. The molecule has 22 heavy (non-hydrogen) atoms. The van der Waals surface area contributed by atoms with Crippen molar-refractivity contribution < 1.29 is 9.53 Å². The highest BCUT2D eigenvalue weighted by Gasteiger charge is 2.25. The van der Waals surface area contributed by atoms with E-state index in [0.29, 0.717) is 19.2 Å². The van der Waals surface area contributed by atoms with Crippen LogP contribution in [0.5, 0.6) is 5.75 Å². The molecule has 1 aromatic rings. The smallest absolute Gasteiger partial charge is 0.317 e. The third kappa shape index (κ3) is 5.24. The van der Waals surface area contributed by atoms with Crippen molar-refractivity contribution in [1.29, 1.82) is 0 Å². The zero-order valence-corrected chi connectivity index (χ0v) is 13.8. The summed E-state index contributed by atoms with van der Waals surface area (Å²) in [5, 5.41) is 2.99. The zero-order valence-electron chi connectivity index (χ0n) is 13.8. The number of amides is 2. The van der Waals surface area contributed by atoms with Gasteiger partial charge in [0.05, 0.1) is 6.61 Å². The van der Waals surface area contributed by atoms with Crippen molar-refractivity contribution in [3.05, 3.63) is 30.3 Å². The van der Waals surface area contributed by atoms with Crippen molar-refractivity contribution in [1.82, 2.24) is 10.2 Å². The highest BCUT2D eigenvalue weighted by molar-refractivity contribution is 5.74. The maximum Gasteiger partial charge on any atom is 0.317 e. The third-order valence-corrected chi connectivity index (χ3v) is 4.39. The molecule has 0 heterocycles. The minimum Gasteiger partial charge on any atom is -0.494 e. The molecule has 0 aromatic heterocycles. The van der Waals surface area contributed by atoms with Crippen molar-refractivity contribution >= 4 is 6.03 Å². The molecule has 2 rings (SSSR count). The molecule has 1 saturated carbocycles. The Hall–Kier alpha value is -1.71. The topological polar surface area (TPSA) is 41.6 Å². The maximum atomic E-state index is 12.2. The minimum atomic E-state index is 0.0406. The van der Waals surface area contributed by atoms with E-state index in [0.717, 1.165) is 30.9 Å². The number of hydrogen-bond donors (Lipinski definition) is 1. The van der Waals surface area contributed by atoms with E-state index in [9.17, 15) is 4.79 Å². The molecule has 0 aliphatic heterocycles. The number of benzene rings is 1. The summed E-state index contributed by atoms with van der Waals surface area (Å²) in [7, 11) is 1.92. The molecule has 2 atom stereocenters. The van der Waals surface area contributed by atoms with Crippen LogP contribution in [-0.2, 0) is 0 Å². The van der Waals surface area contributed by atoms with E-state index in [4.69, 9.17) is 4.74 Å². The molecule has 0 radical (unpaired) electrons. The Bertz CT molecular complexity index is 450. The van der Waals surface area contributed by atoms with E-state index >= 15 is 0 Å². The van der Waals surface area contributed by atoms with Crippen LogP contribution < -0.4 is 10.1 Å². The molecule has 0 bridgehead atoms. The van der Waals surface area contributed by atoms with E-state index in [-0.39, 0.29) is 6.03 Å². The SMILES string of the molecule is CC1CCCC(N(C)C(=O)NCCCOc2ccccc2)C1. The summed E-state index contributed by atoms with van der Waals surface area (Å²) in [6.07, 6.45) is 5.60. The minimum absolute atomic E-state index is 0.0406. The number of ether oxygens (including phenoxy) is 1. The summed E-state index contributed by atoms with van der Waals surface area (Å²) in [6, 6.07) is 10.2. The lowest BCUT2D eigenvalue weighted by atomic mass is 9.86. The molecule has 2 unspecified atom stereocenters. The van der Waals surface area contributed by atoms with Crippen LogP contribution in [0.4, 0.5) is 4.79 Å². The largest absolute Gasteiger partial charge is 0.494 e. The lowest BCUT2D eigenvalue weighted by molar-refractivity contribution is 0.160. The monoisotopic (exact) mass is 304 g/mol. The average molecular weight is 304 g/mol. The Morgan fingerprint density at radius 2 is 2.09 bits per heavy atom. The number of carbonyl (C=O) groups is 1. The van der Waals surface area contributed by atoms with Gasteiger partial charge in [0.25, 0.3) is 0 Å². The van der Waals surface area contributed by atoms with Crippen LogP contribution in [0, 0.1) is 5.92 Å². The lowest BCUT2D eigenvalue weighted by Gasteiger charge is -2.34. The molecule has 4 heteroatoms. The van der Waals surface area contributed by atoms with Gasteiger partial charge in [-0.05, 0) is 37.3 Å². The van der Waals surface area contributed by atoms with Gasteiger partial charge in [-0.2, -0.15) is 0 Å². The number of para-hydroxylation sites is 1. The molecule has 1 fully saturated rings. The van der Waals surface area contributed by atoms with E-state index in [2.05, 4.69) is 12.2 Å². The van der Waals surface area contributed by atoms with Gasteiger partial charge in [-0.15, -0.1) is 0 Å². The van der Waals surface area contributed by atoms with E-state index in [1.54, 1.807) is 0 Å². The fraction of sp³-hybridized carbons (Fsp3) is 0.611. The Morgan fingerprint density at radius 1 is 1.32 bits per heavy atom. The summed E-state index contributed by atoms with van der Waals surface area (Å²) in [5.74, 6) is 1.61. The van der Waals surface area contributed by atoms with Crippen LogP contribution >= 0.6 is 0 Å².